The van der Waals surface area contributed by atoms with Gasteiger partial charge in [-0.2, -0.15) is 4.31 Å². The monoisotopic (exact) mass is 259 g/mol. The van der Waals surface area contributed by atoms with Gasteiger partial charge in [-0.25, -0.2) is 17.6 Å². The second-order valence-electron chi connectivity index (χ2n) is 3.71. The van der Waals surface area contributed by atoms with E-state index in [0.717, 1.165) is 28.9 Å². The standard InChI is InChI=1S/C10H10FNO4S/c11-8-6-7(10(13)14)2-3-9(8)17(15,16)12-4-1-5-12/h2-3,6H,1,4-5H2,(H,13,14). The Morgan fingerprint density at radius 2 is 2.00 bits per heavy atom. The molecule has 1 fully saturated rings. The van der Waals surface area contributed by atoms with Crippen LogP contribution in [0.3, 0.4) is 0 Å². The molecule has 0 bridgehead atoms. The lowest BCUT2D eigenvalue weighted by atomic mass is 10.2. The van der Waals surface area contributed by atoms with E-state index in [9.17, 15) is 17.6 Å². The minimum Gasteiger partial charge on any atom is -0.478 e. The second kappa shape index (κ2) is 4.08. The summed E-state index contributed by atoms with van der Waals surface area (Å²) in [6.45, 7) is 0.755. The Labute approximate surface area is 97.5 Å². The number of nitrogens with zero attached hydrogens (tertiary/aromatic N) is 1. The van der Waals surface area contributed by atoms with Gasteiger partial charge in [-0.05, 0) is 24.6 Å². The molecule has 0 atom stereocenters. The Morgan fingerprint density at radius 3 is 2.41 bits per heavy atom. The van der Waals surface area contributed by atoms with Crippen molar-refractivity contribution in [3.8, 4) is 0 Å². The average Bonchev–Trinajstić information content (AvgIpc) is 2.13. The van der Waals surface area contributed by atoms with E-state index in [0.29, 0.717) is 13.1 Å². The normalized spacial score (nSPS) is 16.5. The SMILES string of the molecule is O=C(O)c1ccc(S(=O)(=O)N2CCC2)c(F)c1. The topological polar surface area (TPSA) is 74.7 Å². The average molecular weight is 259 g/mol. The minimum absolute atomic E-state index is 0.273. The zero-order chi connectivity index (χ0) is 12.6. The first-order valence-corrected chi connectivity index (χ1v) is 6.40. The number of benzene rings is 1. The van der Waals surface area contributed by atoms with Crippen LogP contribution in [0.15, 0.2) is 23.1 Å². The van der Waals surface area contributed by atoms with Crippen molar-refractivity contribution in [2.24, 2.45) is 0 Å². The van der Waals surface area contributed by atoms with Gasteiger partial charge in [-0.15, -0.1) is 0 Å². The molecule has 0 aliphatic carbocycles. The zero-order valence-electron chi connectivity index (χ0n) is 8.76. The maximum atomic E-state index is 13.6. The van der Waals surface area contributed by atoms with Crippen molar-refractivity contribution in [1.29, 1.82) is 0 Å². The molecule has 1 saturated heterocycles. The molecule has 0 saturated carbocycles. The molecule has 0 spiro atoms. The molecule has 2 rings (SSSR count). The van der Waals surface area contributed by atoms with Gasteiger partial charge in [0.05, 0.1) is 5.56 Å². The molecule has 0 radical (unpaired) electrons. The van der Waals surface area contributed by atoms with E-state index in [1.165, 1.54) is 0 Å². The van der Waals surface area contributed by atoms with Crippen LogP contribution in [0.1, 0.15) is 16.8 Å². The number of carboxylic acid groups (broad SMARTS) is 1. The van der Waals surface area contributed by atoms with Gasteiger partial charge in [0.25, 0.3) is 0 Å². The fourth-order valence-electron chi connectivity index (χ4n) is 1.51. The maximum absolute atomic E-state index is 13.6. The van der Waals surface area contributed by atoms with Crippen LogP contribution in [-0.4, -0.2) is 36.9 Å². The van der Waals surface area contributed by atoms with Gasteiger partial charge in [0.2, 0.25) is 10.0 Å². The number of rotatable bonds is 3. The van der Waals surface area contributed by atoms with Crippen LogP contribution in [-0.2, 0) is 10.0 Å². The van der Waals surface area contributed by atoms with Crippen molar-refractivity contribution in [2.75, 3.05) is 13.1 Å². The lowest BCUT2D eigenvalue weighted by Crippen LogP contribution is -2.42. The summed E-state index contributed by atoms with van der Waals surface area (Å²) in [4.78, 5) is 10.1. The molecule has 1 aliphatic rings. The molecular formula is C10H10FNO4S. The van der Waals surface area contributed by atoms with E-state index in [-0.39, 0.29) is 5.56 Å². The summed E-state index contributed by atoms with van der Waals surface area (Å²) in [5.41, 5.74) is -0.273. The molecule has 1 aromatic carbocycles. The predicted octanol–water partition coefficient (Wildman–Crippen LogP) is 0.918. The van der Waals surface area contributed by atoms with Crippen molar-refractivity contribution in [1.82, 2.24) is 4.31 Å². The number of carboxylic acids is 1. The Hall–Kier alpha value is -1.47. The van der Waals surface area contributed by atoms with Crippen molar-refractivity contribution in [3.63, 3.8) is 0 Å². The molecule has 1 aliphatic heterocycles. The molecule has 5 nitrogen and oxygen atoms in total. The number of hydrogen-bond acceptors (Lipinski definition) is 3. The molecule has 0 amide bonds. The number of carbonyl (C=O) groups is 1. The van der Waals surface area contributed by atoms with Crippen LogP contribution in [0.4, 0.5) is 4.39 Å². The number of hydrogen-bond donors (Lipinski definition) is 1. The van der Waals surface area contributed by atoms with E-state index in [2.05, 4.69) is 0 Å². The zero-order valence-corrected chi connectivity index (χ0v) is 9.58. The van der Waals surface area contributed by atoms with Crippen LogP contribution in [0.2, 0.25) is 0 Å². The van der Waals surface area contributed by atoms with E-state index in [4.69, 9.17) is 5.11 Å². The summed E-state index contributed by atoms with van der Waals surface area (Å²) < 4.78 is 38.4. The Morgan fingerprint density at radius 1 is 1.35 bits per heavy atom. The molecule has 1 aromatic rings. The molecule has 0 aromatic heterocycles. The van der Waals surface area contributed by atoms with Crippen molar-refractivity contribution >= 4 is 16.0 Å². The highest BCUT2D eigenvalue weighted by Gasteiger charge is 2.31. The quantitative estimate of drug-likeness (QED) is 0.875. The smallest absolute Gasteiger partial charge is 0.335 e. The first-order chi connectivity index (χ1) is 7.93. The van der Waals surface area contributed by atoms with Gasteiger partial charge in [0.1, 0.15) is 10.7 Å². The Bertz CT molecular complexity index is 566. The van der Waals surface area contributed by atoms with E-state index in [1.807, 2.05) is 0 Å². The van der Waals surface area contributed by atoms with E-state index >= 15 is 0 Å². The van der Waals surface area contributed by atoms with Crippen LogP contribution in [0, 0.1) is 5.82 Å². The van der Waals surface area contributed by atoms with E-state index < -0.39 is 26.7 Å². The van der Waals surface area contributed by atoms with Crippen LogP contribution in [0.25, 0.3) is 0 Å². The van der Waals surface area contributed by atoms with Crippen molar-refractivity contribution < 1.29 is 22.7 Å². The molecule has 7 heteroatoms. The minimum atomic E-state index is -3.81. The largest absolute Gasteiger partial charge is 0.478 e. The van der Waals surface area contributed by atoms with Crippen LogP contribution >= 0.6 is 0 Å². The third kappa shape index (κ3) is 2.03. The highest BCUT2D eigenvalue weighted by atomic mass is 32.2. The maximum Gasteiger partial charge on any atom is 0.335 e. The first kappa shape index (κ1) is 12.0. The summed E-state index contributed by atoms with van der Waals surface area (Å²) in [7, 11) is -3.81. The molecule has 17 heavy (non-hydrogen) atoms. The van der Waals surface area contributed by atoms with Gasteiger partial charge in [0, 0.05) is 13.1 Å². The summed E-state index contributed by atoms with van der Waals surface area (Å²) >= 11 is 0. The Balaban J connectivity index is 2.43. The first-order valence-electron chi connectivity index (χ1n) is 4.96. The van der Waals surface area contributed by atoms with Crippen LogP contribution in [0.5, 0.6) is 0 Å². The van der Waals surface area contributed by atoms with Crippen LogP contribution < -0.4 is 0 Å². The summed E-state index contributed by atoms with van der Waals surface area (Å²) in [6.07, 6.45) is 0.758. The summed E-state index contributed by atoms with van der Waals surface area (Å²) in [5, 5.41) is 8.64. The molecule has 92 valence electrons. The number of aromatic carboxylic acids is 1. The third-order valence-corrected chi connectivity index (χ3v) is 4.54. The second-order valence-corrected chi connectivity index (χ2v) is 5.61. The fraction of sp³-hybridized carbons (Fsp3) is 0.300. The molecular weight excluding hydrogens is 249 g/mol. The highest BCUT2D eigenvalue weighted by molar-refractivity contribution is 7.89. The fourth-order valence-corrected chi connectivity index (χ4v) is 3.07. The number of sulfonamides is 1. The van der Waals surface area contributed by atoms with Gasteiger partial charge >= 0.3 is 5.97 Å². The number of halogens is 1. The third-order valence-electron chi connectivity index (χ3n) is 2.61. The summed E-state index contributed by atoms with van der Waals surface area (Å²) in [6, 6.07) is 2.79. The lowest BCUT2D eigenvalue weighted by molar-refractivity contribution is 0.0696. The van der Waals surface area contributed by atoms with Crippen molar-refractivity contribution in [3.05, 3.63) is 29.6 Å². The highest BCUT2D eigenvalue weighted by Crippen LogP contribution is 2.24. The van der Waals surface area contributed by atoms with Gasteiger partial charge in [-0.1, -0.05) is 0 Å². The lowest BCUT2D eigenvalue weighted by Gasteiger charge is -2.29. The molecule has 1 N–H and O–H groups in total. The predicted molar refractivity (Wildman–Crippen MR) is 56.7 cm³/mol. The molecule has 0 unspecified atom stereocenters. The summed E-state index contributed by atoms with van der Waals surface area (Å²) in [5.74, 6) is -2.33. The van der Waals surface area contributed by atoms with Crippen molar-refractivity contribution in [2.45, 2.75) is 11.3 Å². The van der Waals surface area contributed by atoms with Gasteiger partial charge in [-0.3, -0.25) is 0 Å². The van der Waals surface area contributed by atoms with E-state index in [1.54, 1.807) is 0 Å². The van der Waals surface area contributed by atoms with Gasteiger partial charge < -0.3 is 5.11 Å². The van der Waals surface area contributed by atoms with Gasteiger partial charge in [0.15, 0.2) is 0 Å². The molecule has 1 heterocycles. The Kier molecular flexibility index (Phi) is 2.88.